The number of aromatic hydroxyl groups is 2. The van der Waals surface area contributed by atoms with Crippen molar-refractivity contribution in [1.29, 1.82) is 0 Å². The smallest absolute Gasteiger partial charge is 0.241 e. The van der Waals surface area contributed by atoms with Gasteiger partial charge in [0.1, 0.15) is 11.5 Å². The van der Waals surface area contributed by atoms with E-state index in [0.29, 0.717) is 0 Å². The molecule has 0 amide bonds. The Morgan fingerprint density at radius 2 is 1.19 bits per heavy atom. The van der Waals surface area contributed by atoms with Crippen LogP contribution in [0, 0.1) is 0 Å². The highest BCUT2D eigenvalue weighted by Gasteiger charge is 2.23. The van der Waals surface area contributed by atoms with E-state index in [1.807, 2.05) is 0 Å². The maximum atomic E-state index is 12.6. The first-order valence-corrected chi connectivity index (χ1v) is 7.39. The van der Waals surface area contributed by atoms with Crippen molar-refractivity contribution in [2.24, 2.45) is 5.84 Å². The number of ketones is 2. The predicted molar refractivity (Wildman–Crippen MR) is 90.7 cm³/mol. The number of phenolic OH excluding ortho intramolecular Hbond substituents is 2. The molecule has 0 unspecified atom stereocenters. The molecule has 0 fully saturated rings. The Labute approximate surface area is 147 Å². The molecule has 130 valence electrons. The number of benzene rings is 2. The molecule has 5 N–H and O–H groups in total. The summed E-state index contributed by atoms with van der Waals surface area (Å²) in [4.78, 5) is 36.7. The van der Waals surface area contributed by atoms with E-state index in [1.165, 1.54) is 24.3 Å². The summed E-state index contributed by atoms with van der Waals surface area (Å²) >= 11 is 0. The van der Waals surface area contributed by atoms with Crippen molar-refractivity contribution in [3.8, 4) is 11.5 Å². The molecule has 1 heterocycles. The van der Waals surface area contributed by atoms with Crippen LogP contribution in [0.1, 0.15) is 32.4 Å². The molecule has 9 heteroatoms. The van der Waals surface area contributed by atoms with Crippen molar-refractivity contribution in [2.75, 3.05) is 5.43 Å². The van der Waals surface area contributed by atoms with Crippen LogP contribution in [0.3, 0.4) is 0 Å². The molecule has 0 bridgehead atoms. The van der Waals surface area contributed by atoms with E-state index >= 15 is 0 Å². The molecule has 0 atom stereocenters. The van der Waals surface area contributed by atoms with Crippen molar-refractivity contribution in [1.82, 2.24) is 15.0 Å². The Bertz CT molecular complexity index is 930. The molecule has 9 nitrogen and oxygen atoms in total. The molecular weight excluding hydrogens is 338 g/mol. The van der Waals surface area contributed by atoms with Gasteiger partial charge in [-0.15, -0.1) is 0 Å². The van der Waals surface area contributed by atoms with Crippen LogP contribution in [0.2, 0.25) is 0 Å². The highest BCUT2D eigenvalue weighted by molar-refractivity contribution is 6.11. The number of hydrogen-bond acceptors (Lipinski definition) is 9. The molecule has 0 aliphatic heterocycles. The molecule has 0 spiro atoms. The van der Waals surface area contributed by atoms with Crippen LogP contribution in [-0.4, -0.2) is 36.7 Å². The number of phenols is 2. The van der Waals surface area contributed by atoms with E-state index in [4.69, 9.17) is 5.84 Å². The van der Waals surface area contributed by atoms with Gasteiger partial charge in [0, 0.05) is 0 Å². The van der Waals surface area contributed by atoms with Crippen LogP contribution in [0.5, 0.6) is 11.5 Å². The minimum atomic E-state index is -0.715. The molecule has 0 radical (unpaired) electrons. The van der Waals surface area contributed by atoms with Gasteiger partial charge >= 0.3 is 0 Å². The summed E-state index contributed by atoms with van der Waals surface area (Å²) < 4.78 is 0. The molecule has 0 saturated heterocycles. The van der Waals surface area contributed by atoms with Gasteiger partial charge in [0.2, 0.25) is 29.2 Å². The van der Waals surface area contributed by atoms with Gasteiger partial charge in [-0.2, -0.15) is 9.97 Å². The van der Waals surface area contributed by atoms with E-state index in [9.17, 15) is 19.8 Å². The molecule has 3 aromatic rings. The second-order valence-corrected chi connectivity index (χ2v) is 5.14. The number of nitrogens with zero attached hydrogens (tertiary/aromatic N) is 3. The lowest BCUT2D eigenvalue weighted by molar-refractivity contribution is 0.102. The topological polar surface area (TPSA) is 151 Å². The zero-order chi connectivity index (χ0) is 18.7. The third-order valence-electron chi connectivity index (χ3n) is 3.47. The number of rotatable bonds is 5. The van der Waals surface area contributed by atoms with Crippen LogP contribution in [0.15, 0.2) is 48.5 Å². The van der Waals surface area contributed by atoms with Gasteiger partial charge in [-0.25, -0.2) is 10.8 Å². The minimum absolute atomic E-state index is 0.0392. The fraction of sp³-hybridized carbons (Fsp3) is 0. The van der Waals surface area contributed by atoms with Crippen molar-refractivity contribution in [3.63, 3.8) is 0 Å². The molecule has 1 aromatic heterocycles. The molecule has 3 rings (SSSR count). The third-order valence-corrected chi connectivity index (χ3v) is 3.47. The fourth-order valence-electron chi connectivity index (χ4n) is 2.22. The number of carbonyl (C=O) groups is 2. The normalized spacial score (nSPS) is 10.3. The molecule has 0 saturated carbocycles. The Morgan fingerprint density at radius 1 is 0.769 bits per heavy atom. The summed E-state index contributed by atoms with van der Waals surface area (Å²) in [6, 6.07) is 11.7. The molecule has 26 heavy (non-hydrogen) atoms. The van der Waals surface area contributed by atoms with Crippen LogP contribution < -0.4 is 11.3 Å². The number of aromatic nitrogens is 3. The second kappa shape index (κ2) is 6.95. The van der Waals surface area contributed by atoms with Crippen LogP contribution in [-0.2, 0) is 0 Å². The number of anilines is 1. The van der Waals surface area contributed by atoms with Crippen molar-refractivity contribution in [3.05, 3.63) is 71.3 Å². The third kappa shape index (κ3) is 3.19. The number of hydrogen-bond donors (Lipinski definition) is 4. The Balaban J connectivity index is 2.08. The lowest BCUT2D eigenvalue weighted by atomic mass is 10.1. The van der Waals surface area contributed by atoms with Gasteiger partial charge < -0.3 is 10.2 Å². The SMILES string of the molecule is NNc1nc(C(=O)c2ccccc2O)nc(C(=O)c2ccccc2O)n1. The van der Waals surface area contributed by atoms with Gasteiger partial charge in [-0.05, 0) is 24.3 Å². The maximum absolute atomic E-state index is 12.6. The average molecular weight is 351 g/mol. The zero-order valence-corrected chi connectivity index (χ0v) is 13.2. The van der Waals surface area contributed by atoms with Crippen molar-refractivity contribution in [2.45, 2.75) is 0 Å². The predicted octanol–water partition coefficient (Wildman–Crippen LogP) is 1.03. The van der Waals surface area contributed by atoms with E-state index in [-0.39, 0.29) is 40.2 Å². The summed E-state index contributed by atoms with van der Waals surface area (Å²) in [6.45, 7) is 0. The van der Waals surface area contributed by atoms with E-state index in [2.05, 4.69) is 20.4 Å². The van der Waals surface area contributed by atoms with E-state index < -0.39 is 11.6 Å². The monoisotopic (exact) mass is 351 g/mol. The van der Waals surface area contributed by atoms with Gasteiger partial charge in [-0.1, -0.05) is 24.3 Å². The molecular formula is C17H13N5O4. The van der Waals surface area contributed by atoms with Gasteiger partial charge in [-0.3, -0.25) is 15.0 Å². The first kappa shape index (κ1) is 17.0. The lowest BCUT2D eigenvalue weighted by Crippen LogP contribution is -2.19. The van der Waals surface area contributed by atoms with Crippen molar-refractivity contribution < 1.29 is 19.8 Å². The number of para-hydroxylation sites is 2. The van der Waals surface area contributed by atoms with Crippen molar-refractivity contribution >= 4 is 17.5 Å². The summed E-state index contributed by atoms with van der Waals surface area (Å²) in [5, 5.41) is 19.7. The molecule has 0 aliphatic carbocycles. The largest absolute Gasteiger partial charge is 0.507 e. The number of nitrogen functional groups attached to an aromatic ring is 1. The van der Waals surface area contributed by atoms with Gasteiger partial charge in [0.25, 0.3) is 0 Å². The average Bonchev–Trinajstić information content (AvgIpc) is 2.67. The summed E-state index contributed by atoms with van der Waals surface area (Å²) in [5.74, 6) is 2.39. The Kier molecular flexibility index (Phi) is 4.54. The standard InChI is InChI=1S/C17H13N5O4/c18-22-17-20-15(13(25)9-5-1-3-7-11(9)23)19-16(21-17)14(26)10-6-2-4-8-12(10)24/h1-8,23-24H,18H2,(H,19,20,21,22). The number of nitrogens with one attached hydrogen (secondary N) is 1. The molecule has 0 aliphatic rings. The highest BCUT2D eigenvalue weighted by Crippen LogP contribution is 2.21. The van der Waals surface area contributed by atoms with Crippen LogP contribution in [0.25, 0.3) is 0 Å². The Morgan fingerprint density at radius 3 is 1.58 bits per heavy atom. The van der Waals surface area contributed by atoms with Gasteiger partial charge in [0.15, 0.2) is 0 Å². The number of nitrogens with two attached hydrogens (primary N) is 1. The fourth-order valence-corrected chi connectivity index (χ4v) is 2.22. The van der Waals surface area contributed by atoms with E-state index in [1.54, 1.807) is 24.3 Å². The van der Waals surface area contributed by atoms with Gasteiger partial charge in [0.05, 0.1) is 11.1 Å². The number of carbonyl (C=O) groups excluding carboxylic acids is 2. The quantitative estimate of drug-likeness (QED) is 0.300. The van der Waals surface area contributed by atoms with Crippen LogP contribution >= 0.6 is 0 Å². The summed E-state index contributed by atoms with van der Waals surface area (Å²) in [6.07, 6.45) is 0. The molecule has 2 aromatic carbocycles. The summed E-state index contributed by atoms with van der Waals surface area (Å²) in [5.41, 5.74) is 2.08. The van der Waals surface area contributed by atoms with E-state index in [0.717, 1.165) is 0 Å². The highest BCUT2D eigenvalue weighted by atomic mass is 16.3. The second-order valence-electron chi connectivity index (χ2n) is 5.14. The minimum Gasteiger partial charge on any atom is -0.507 e. The summed E-state index contributed by atoms with van der Waals surface area (Å²) in [7, 11) is 0. The van der Waals surface area contributed by atoms with Crippen LogP contribution in [0.4, 0.5) is 5.95 Å². The first-order chi connectivity index (χ1) is 12.5. The zero-order valence-electron chi connectivity index (χ0n) is 13.2. The maximum Gasteiger partial charge on any atom is 0.241 e. The number of hydrazine groups is 1. The lowest BCUT2D eigenvalue weighted by Gasteiger charge is -2.07. The first-order valence-electron chi connectivity index (χ1n) is 7.39. The Hall–Kier alpha value is -3.85.